The van der Waals surface area contributed by atoms with Crippen LogP contribution in [0.3, 0.4) is 0 Å². The first-order valence-corrected chi connectivity index (χ1v) is 10.4. The van der Waals surface area contributed by atoms with Gasteiger partial charge in [-0.1, -0.05) is 12.1 Å². The molecule has 1 unspecified atom stereocenters. The maximum atomic E-state index is 13.4. The fourth-order valence-corrected chi connectivity index (χ4v) is 4.82. The van der Waals surface area contributed by atoms with Crippen LogP contribution in [0.2, 0.25) is 0 Å². The second kappa shape index (κ2) is 8.26. The molecule has 1 N–H and O–H groups in total. The van der Waals surface area contributed by atoms with Gasteiger partial charge < -0.3 is 14.8 Å². The monoisotopic (exact) mass is 412 g/mol. The molecule has 4 rings (SSSR count). The normalized spacial score (nSPS) is 20.1. The number of nitrogens with zero attached hydrogens (tertiary/aromatic N) is 1. The number of methoxy groups -OCH3 is 2. The van der Waals surface area contributed by atoms with Crippen LogP contribution in [-0.2, 0) is 11.3 Å². The van der Waals surface area contributed by atoms with Crippen molar-refractivity contribution in [2.45, 2.75) is 32.7 Å². The summed E-state index contributed by atoms with van der Waals surface area (Å²) in [6, 6.07) is 10.1. The summed E-state index contributed by atoms with van der Waals surface area (Å²) in [5.41, 5.74) is 2.81. The number of anilines is 1. The van der Waals surface area contributed by atoms with E-state index in [0.717, 1.165) is 61.5 Å². The van der Waals surface area contributed by atoms with Gasteiger partial charge in [-0.25, -0.2) is 4.39 Å². The number of carbonyl (C=O) groups excluding carboxylic acids is 1. The molecule has 1 amide bonds. The molecule has 6 heteroatoms. The number of hydrogen-bond acceptors (Lipinski definition) is 4. The minimum atomic E-state index is -0.337. The maximum Gasteiger partial charge on any atom is 0.228 e. The predicted molar refractivity (Wildman–Crippen MR) is 114 cm³/mol. The van der Waals surface area contributed by atoms with E-state index in [-0.39, 0.29) is 23.1 Å². The van der Waals surface area contributed by atoms with Gasteiger partial charge in [0, 0.05) is 29.3 Å². The van der Waals surface area contributed by atoms with Crippen LogP contribution in [-0.4, -0.2) is 38.1 Å². The van der Waals surface area contributed by atoms with Gasteiger partial charge in [0.15, 0.2) is 0 Å². The largest absolute Gasteiger partial charge is 0.496 e. The molecule has 0 aromatic heterocycles. The molecular weight excluding hydrogens is 383 g/mol. The molecule has 1 aliphatic carbocycles. The van der Waals surface area contributed by atoms with E-state index in [4.69, 9.17) is 9.47 Å². The lowest BCUT2D eigenvalue weighted by Crippen LogP contribution is -2.36. The number of benzene rings is 2. The lowest BCUT2D eigenvalue weighted by atomic mass is 9.90. The molecule has 2 aromatic carbocycles. The van der Waals surface area contributed by atoms with Crippen LogP contribution in [0.4, 0.5) is 10.1 Å². The Bertz CT molecular complexity index is 938. The van der Waals surface area contributed by atoms with Crippen LogP contribution in [0.15, 0.2) is 36.4 Å². The number of piperidine rings is 1. The van der Waals surface area contributed by atoms with Crippen LogP contribution < -0.4 is 14.8 Å². The van der Waals surface area contributed by atoms with E-state index >= 15 is 0 Å². The first-order chi connectivity index (χ1) is 14.5. The smallest absolute Gasteiger partial charge is 0.228 e. The zero-order valence-corrected chi connectivity index (χ0v) is 17.8. The van der Waals surface area contributed by atoms with E-state index in [1.165, 1.54) is 12.1 Å². The number of halogens is 1. The molecule has 2 fully saturated rings. The fourth-order valence-electron chi connectivity index (χ4n) is 4.82. The second-order valence-electron chi connectivity index (χ2n) is 8.48. The Morgan fingerprint density at radius 2 is 1.97 bits per heavy atom. The molecule has 2 aromatic rings. The van der Waals surface area contributed by atoms with E-state index in [1.807, 2.05) is 13.0 Å². The topological polar surface area (TPSA) is 50.8 Å². The Kier molecular flexibility index (Phi) is 5.69. The van der Waals surface area contributed by atoms with Crippen molar-refractivity contribution >= 4 is 11.6 Å². The molecule has 1 saturated carbocycles. The quantitative estimate of drug-likeness (QED) is 0.765. The average molecular weight is 413 g/mol. The minimum absolute atomic E-state index is 0.0153. The van der Waals surface area contributed by atoms with Crippen molar-refractivity contribution in [2.24, 2.45) is 11.3 Å². The van der Waals surface area contributed by atoms with Crippen molar-refractivity contribution < 1.29 is 18.7 Å². The number of rotatable bonds is 6. The van der Waals surface area contributed by atoms with Crippen molar-refractivity contribution in [1.29, 1.82) is 0 Å². The highest BCUT2D eigenvalue weighted by Crippen LogP contribution is 2.59. The summed E-state index contributed by atoms with van der Waals surface area (Å²) >= 11 is 0. The molecule has 1 heterocycles. The van der Waals surface area contributed by atoms with Crippen LogP contribution >= 0.6 is 0 Å². The molecule has 0 radical (unpaired) electrons. The highest BCUT2D eigenvalue weighted by molar-refractivity contribution is 5.95. The van der Waals surface area contributed by atoms with E-state index in [0.29, 0.717) is 5.69 Å². The molecule has 1 spiro atoms. The highest BCUT2D eigenvalue weighted by Gasteiger charge is 2.58. The summed E-state index contributed by atoms with van der Waals surface area (Å²) in [4.78, 5) is 15.1. The molecule has 1 atom stereocenters. The predicted octanol–water partition coefficient (Wildman–Crippen LogP) is 4.39. The summed E-state index contributed by atoms with van der Waals surface area (Å²) in [6.45, 7) is 4.75. The van der Waals surface area contributed by atoms with Gasteiger partial charge in [0.05, 0.1) is 14.2 Å². The number of ether oxygens (including phenoxy) is 2. The Morgan fingerprint density at radius 1 is 1.20 bits per heavy atom. The van der Waals surface area contributed by atoms with Gasteiger partial charge >= 0.3 is 0 Å². The number of likely N-dealkylation sites (tertiary alicyclic amines) is 1. The molecule has 30 heavy (non-hydrogen) atoms. The third-order valence-electron chi connectivity index (χ3n) is 6.71. The van der Waals surface area contributed by atoms with Crippen molar-refractivity contribution in [3.63, 3.8) is 0 Å². The summed E-state index contributed by atoms with van der Waals surface area (Å²) in [6.07, 6.45) is 2.93. The molecular formula is C24H29FN2O3. The molecule has 2 aliphatic rings. The summed E-state index contributed by atoms with van der Waals surface area (Å²) in [5, 5.41) is 2.88. The van der Waals surface area contributed by atoms with Gasteiger partial charge in [0.25, 0.3) is 0 Å². The van der Waals surface area contributed by atoms with E-state index in [1.54, 1.807) is 26.4 Å². The van der Waals surface area contributed by atoms with Gasteiger partial charge in [0.2, 0.25) is 5.91 Å². The van der Waals surface area contributed by atoms with Crippen LogP contribution in [0.5, 0.6) is 11.5 Å². The number of hydrogen-bond donors (Lipinski definition) is 1. The van der Waals surface area contributed by atoms with Crippen molar-refractivity contribution in [1.82, 2.24) is 4.90 Å². The highest BCUT2D eigenvalue weighted by atomic mass is 19.1. The van der Waals surface area contributed by atoms with Gasteiger partial charge in [0.1, 0.15) is 17.3 Å². The first kappa shape index (κ1) is 20.7. The lowest BCUT2D eigenvalue weighted by Gasteiger charge is -2.33. The zero-order valence-electron chi connectivity index (χ0n) is 17.8. The zero-order chi connectivity index (χ0) is 21.3. The van der Waals surface area contributed by atoms with Crippen LogP contribution in [0, 0.1) is 24.1 Å². The summed E-state index contributed by atoms with van der Waals surface area (Å²) in [5.74, 6) is 1.42. The SMILES string of the molecule is COc1ccc(CN2CCC3(CC2)CC3C(=O)Nc2cccc(F)c2)c(OC)c1C. The van der Waals surface area contributed by atoms with Gasteiger partial charge in [-0.05, 0) is 69.0 Å². The van der Waals surface area contributed by atoms with Crippen LogP contribution in [0.1, 0.15) is 30.4 Å². The standard InChI is InChI=1S/C24H29FN2O3/c1-16-21(29-2)8-7-17(22(16)30-3)15-27-11-9-24(10-12-27)14-20(24)23(28)26-19-6-4-5-18(25)13-19/h4-8,13,20H,9-12,14-15H2,1-3H3,(H,26,28). The van der Waals surface area contributed by atoms with Crippen LogP contribution in [0.25, 0.3) is 0 Å². The van der Waals surface area contributed by atoms with Crippen molar-refractivity contribution in [3.05, 3.63) is 53.3 Å². The molecule has 160 valence electrons. The third kappa shape index (κ3) is 4.01. The third-order valence-corrected chi connectivity index (χ3v) is 6.71. The average Bonchev–Trinajstić information content (AvgIpc) is 3.44. The van der Waals surface area contributed by atoms with Crippen molar-refractivity contribution in [2.75, 3.05) is 32.6 Å². The lowest BCUT2D eigenvalue weighted by molar-refractivity contribution is -0.118. The van der Waals surface area contributed by atoms with E-state index < -0.39 is 0 Å². The Balaban J connectivity index is 1.34. The minimum Gasteiger partial charge on any atom is -0.496 e. The van der Waals surface area contributed by atoms with Crippen molar-refractivity contribution in [3.8, 4) is 11.5 Å². The summed E-state index contributed by atoms with van der Waals surface area (Å²) in [7, 11) is 3.37. The number of amides is 1. The number of carbonyl (C=O) groups is 1. The molecule has 5 nitrogen and oxygen atoms in total. The first-order valence-electron chi connectivity index (χ1n) is 10.4. The number of nitrogens with one attached hydrogen (secondary N) is 1. The van der Waals surface area contributed by atoms with E-state index in [9.17, 15) is 9.18 Å². The Labute approximate surface area is 177 Å². The molecule has 1 aliphatic heterocycles. The van der Waals surface area contributed by atoms with Gasteiger partial charge in [-0.15, -0.1) is 0 Å². The van der Waals surface area contributed by atoms with E-state index in [2.05, 4.69) is 16.3 Å². The maximum absolute atomic E-state index is 13.4. The van der Waals surface area contributed by atoms with Gasteiger partial charge in [-0.3, -0.25) is 9.69 Å². The van der Waals surface area contributed by atoms with Gasteiger partial charge in [-0.2, -0.15) is 0 Å². The summed E-state index contributed by atoms with van der Waals surface area (Å²) < 4.78 is 24.4. The fraction of sp³-hybridized carbons (Fsp3) is 0.458. The Morgan fingerprint density at radius 3 is 2.63 bits per heavy atom. The second-order valence-corrected chi connectivity index (χ2v) is 8.48. The Hall–Kier alpha value is -2.60. The molecule has 1 saturated heterocycles. The molecule has 0 bridgehead atoms.